The van der Waals surface area contributed by atoms with Crippen molar-refractivity contribution < 1.29 is 9.59 Å². The highest BCUT2D eigenvalue weighted by Crippen LogP contribution is 2.38. The first-order chi connectivity index (χ1) is 15.5. The lowest BCUT2D eigenvalue weighted by Gasteiger charge is -2.46. The molecule has 2 heterocycles. The van der Waals surface area contributed by atoms with Crippen molar-refractivity contribution in [1.82, 2.24) is 26.6 Å². The van der Waals surface area contributed by atoms with Crippen LogP contribution in [-0.4, -0.2) is 29.0 Å². The van der Waals surface area contributed by atoms with Gasteiger partial charge in [0.1, 0.15) is 6.17 Å². The van der Waals surface area contributed by atoms with Crippen LogP contribution in [0.25, 0.3) is 0 Å². The molecule has 1 aliphatic carbocycles. The van der Waals surface area contributed by atoms with Crippen molar-refractivity contribution in [1.29, 1.82) is 0 Å². The van der Waals surface area contributed by atoms with Crippen molar-refractivity contribution in [2.75, 3.05) is 0 Å². The van der Waals surface area contributed by atoms with E-state index in [0.29, 0.717) is 30.8 Å². The number of hydrazine groups is 2. The van der Waals surface area contributed by atoms with Crippen LogP contribution in [0.3, 0.4) is 0 Å². The topological polar surface area (TPSA) is 85.5 Å². The Bertz CT molecular complexity index is 1010. The van der Waals surface area contributed by atoms with E-state index in [0.717, 1.165) is 11.1 Å². The minimum absolute atomic E-state index is 0.0314. The summed E-state index contributed by atoms with van der Waals surface area (Å²) in [6.07, 6.45) is 1.88. The largest absolute Gasteiger partial charge is 0.352 e. The van der Waals surface area contributed by atoms with Gasteiger partial charge in [-0.2, -0.15) is 5.53 Å². The second-order valence-electron chi connectivity index (χ2n) is 9.04. The van der Waals surface area contributed by atoms with E-state index in [1.54, 1.807) is 0 Å². The highest BCUT2D eigenvalue weighted by Gasteiger charge is 2.51. The molecule has 168 valence electrons. The van der Waals surface area contributed by atoms with Gasteiger partial charge in [0.05, 0.1) is 12.0 Å². The Balaban J connectivity index is 1.27. The Hall–Kier alpha value is -2.45. The normalized spacial score (nSPS) is 29.7. The molecule has 32 heavy (non-hydrogen) atoms. The number of benzene rings is 2. The molecule has 3 fully saturated rings. The fraction of sp³-hybridized carbons (Fsp3) is 0.417. The minimum atomic E-state index is -0.193. The van der Waals surface area contributed by atoms with Gasteiger partial charge in [0.25, 0.3) is 0 Å². The lowest BCUT2D eigenvalue weighted by molar-refractivity contribution is -0.143. The number of hydrogen-bond donors (Lipinski definition) is 4. The summed E-state index contributed by atoms with van der Waals surface area (Å²) in [6, 6.07) is 15.7. The van der Waals surface area contributed by atoms with Gasteiger partial charge in [-0.1, -0.05) is 53.6 Å². The number of hydrogen-bond acceptors (Lipinski definition) is 5. The molecule has 0 spiro atoms. The summed E-state index contributed by atoms with van der Waals surface area (Å²) in [5.74, 6) is -0.102. The Labute approximate surface area is 192 Å². The quantitative estimate of drug-likeness (QED) is 0.571. The van der Waals surface area contributed by atoms with Crippen LogP contribution in [0.15, 0.2) is 48.5 Å². The number of aryl methyl sites for hydroxylation is 1. The van der Waals surface area contributed by atoms with Crippen molar-refractivity contribution in [2.24, 2.45) is 11.8 Å². The van der Waals surface area contributed by atoms with Crippen LogP contribution < -0.4 is 21.6 Å². The average molecular weight is 454 g/mol. The number of fused-ring (bicyclic) bond motifs is 3. The minimum Gasteiger partial charge on any atom is -0.352 e. The molecule has 2 aliphatic heterocycles. The van der Waals surface area contributed by atoms with E-state index in [1.165, 1.54) is 5.56 Å². The molecular formula is C24H28ClN5O2. The van der Waals surface area contributed by atoms with E-state index in [2.05, 4.69) is 51.7 Å². The summed E-state index contributed by atoms with van der Waals surface area (Å²) in [5.41, 5.74) is 9.95. The Morgan fingerprint density at radius 2 is 2.00 bits per heavy atom. The molecule has 4 N–H and O–H groups in total. The molecule has 5 atom stereocenters. The van der Waals surface area contributed by atoms with Crippen LogP contribution >= 0.6 is 11.6 Å². The molecule has 1 saturated carbocycles. The lowest BCUT2D eigenvalue weighted by atomic mass is 9.75. The van der Waals surface area contributed by atoms with Crippen molar-refractivity contribution in [3.63, 3.8) is 0 Å². The number of rotatable bonds is 4. The summed E-state index contributed by atoms with van der Waals surface area (Å²) in [5, 5.41) is 9.04. The fourth-order valence-electron chi connectivity index (χ4n) is 5.21. The molecule has 8 heteroatoms. The first kappa shape index (κ1) is 21.4. The van der Waals surface area contributed by atoms with Gasteiger partial charge >= 0.3 is 0 Å². The predicted molar refractivity (Wildman–Crippen MR) is 122 cm³/mol. The molecule has 0 bridgehead atoms. The lowest BCUT2D eigenvalue weighted by Crippen LogP contribution is -2.65. The molecule has 7 nitrogen and oxygen atoms in total. The molecule has 2 amide bonds. The highest BCUT2D eigenvalue weighted by molar-refractivity contribution is 6.30. The van der Waals surface area contributed by atoms with E-state index in [4.69, 9.17) is 11.6 Å². The van der Waals surface area contributed by atoms with Crippen molar-refractivity contribution in [2.45, 2.75) is 51.0 Å². The van der Waals surface area contributed by atoms with Crippen LogP contribution in [0.2, 0.25) is 5.02 Å². The van der Waals surface area contributed by atoms with Crippen LogP contribution in [0.4, 0.5) is 0 Å². The monoisotopic (exact) mass is 453 g/mol. The molecule has 5 unspecified atom stereocenters. The Morgan fingerprint density at radius 1 is 1.19 bits per heavy atom. The molecule has 2 aromatic carbocycles. The van der Waals surface area contributed by atoms with Gasteiger partial charge in [0, 0.05) is 23.5 Å². The van der Waals surface area contributed by atoms with E-state index in [1.807, 2.05) is 30.3 Å². The third kappa shape index (κ3) is 4.13. The summed E-state index contributed by atoms with van der Waals surface area (Å²) < 4.78 is 0. The van der Waals surface area contributed by atoms with Crippen LogP contribution in [-0.2, 0) is 16.1 Å². The van der Waals surface area contributed by atoms with Gasteiger partial charge in [-0.05, 0) is 49.4 Å². The number of halogens is 1. The first-order valence-corrected chi connectivity index (χ1v) is 11.6. The van der Waals surface area contributed by atoms with Gasteiger partial charge in [-0.15, -0.1) is 0 Å². The summed E-state index contributed by atoms with van der Waals surface area (Å²) in [4.78, 5) is 25.8. The van der Waals surface area contributed by atoms with Gasteiger partial charge in [-0.3, -0.25) is 9.59 Å². The Morgan fingerprint density at radius 3 is 2.78 bits per heavy atom. The van der Waals surface area contributed by atoms with Crippen molar-refractivity contribution in [3.8, 4) is 0 Å². The maximum absolute atomic E-state index is 12.9. The number of carbonyl (C=O) groups excluding carboxylic acids is 2. The molecule has 0 aromatic heterocycles. The maximum atomic E-state index is 12.9. The molecule has 5 rings (SSSR count). The standard InChI is InChI=1S/C24H28ClN5O2/c1-14-3-2-4-16(11-14)21-22-27-24(32)19-10-7-17(12-20(19)30(22)29-28-21)23(31)26-13-15-5-8-18(25)9-6-15/h2-6,8-9,11,17,19-22,28-29H,7,10,12-13H2,1H3,(H,26,31)(H,27,32). The number of carbonyl (C=O) groups is 2. The van der Waals surface area contributed by atoms with Gasteiger partial charge in [0.15, 0.2) is 0 Å². The molecule has 3 aliphatic rings. The zero-order valence-corrected chi connectivity index (χ0v) is 18.7. The second-order valence-corrected chi connectivity index (χ2v) is 9.47. The van der Waals surface area contributed by atoms with E-state index in [-0.39, 0.29) is 41.9 Å². The van der Waals surface area contributed by atoms with Gasteiger partial charge < -0.3 is 10.6 Å². The zero-order valence-electron chi connectivity index (χ0n) is 18.0. The van der Waals surface area contributed by atoms with E-state index < -0.39 is 0 Å². The SMILES string of the molecule is Cc1cccc(C2NNN3C4CC(C(=O)NCc5ccc(Cl)cc5)CCC4C(=O)NC23)c1. The molecular weight excluding hydrogens is 426 g/mol. The van der Waals surface area contributed by atoms with E-state index in [9.17, 15) is 9.59 Å². The summed E-state index contributed by atoms with van der Waals surface area (Å²) >= 11 is 5.94. The second kappa shape index (κ2) is 8.83. The van der Waals surface area contributed by atoms with Crippen LogP contribution in [0, 0.1) is 18.8 Å². The third-order valence-corrected chi connectivity index (χ3v) is 7.17. The first-order valence-electron chi connectivity index (χ1n) is 11.2. The molecule has 2 aromatic rings. The van der Waals surface area contributed by atoms with Gasteiger partial charge in [0.2, 0.25) is 11.8 Å². The summed E-state index contributed by atoms with van der Waals surface area (Å²) in [6.45, 7) is 2.54. The molecule has 2 saturated heterocycles. The number of nitrogens with one attached hydrogen (secondary N) is 4. The Kier molecular flexibility index (Phi) is 5.90. The van der Waals surface area contributed by atoms with Gasteiger partial charge in [-0.25, -0.2) is 10.4 Å². The predicted octanol–water partition coefficient (Wildman–Crippen LogP) is 2.57. The van der Waals surface area contributed by atoms with Crippen LogP contribution in [0.5, 0.6) is 0 Å². The summed E-state index contributed by atoms with van der Waals surface area (Å²) in [7, 11) is 0. The fourth-order valence-corrected chi connectivity index (χ4v) is 5.34. The highest BCUT2D eigenvalue weighted by atomic mass is 35.5. The third-order valence-electron chi connectivity index (χ3n) is 6.92. The smallest absolute Gasteiger partial charge is 0.226 e. The van der Waals surface area contributed by atoms with E-state index >= 15 is 0 Å². The van der Waals surface area contributed by atoms with Crippen LogP contribution in [0.1, 0.15) is 42.0 Å². The van der Waals surface area contributed by atoms with Crippen molar-refractivity contribution >= 4 is 23.4 Å². The maximum Gasteiger partial charge on any atom is 0.226 e. The number of nitrogens with zero attached hydrogens (tertiary/aromatic N) is 1. The average Bonchev–Trinajstić information content (AvgIpc) is 3.22. The number of amides is 2. The molecule has 0 radical (unpaired) electrons. The van der Waals surface area contributed by atoms with Crippen molar-refractivity contribution in [3.05, 3.63) is 70.2 Å². The zero-order chi connectivity index (χ0) is 22.2.